The van der Waals surface area contributed by atoms with Crippen LogP contribution in [0.15, 0.2) is 59.1 Å². The van der Waals surface area contributed by atoms with Crippen molar-refractivity contribution in [3.8, 4) is 5.75 Å². The van der Waals surface area contributed by atoms with Gasteiger partial charge in [-0.3, -0.25) is 4.79 Å². The summed E-state index contributed by atoms with van der Waals surface area (Å²) in [4.78, 5) is 25.7. The number of ether oxygens (including phenoxy) is 1. The lowest BCUT2D eigenvalue weighted by Crippen LogP contribution is -2.40. The van der Waals surface area contributed by atoms with Crippen LogP contribution >= 0.6 is 0 Å². The molecular weight excluding hydrogens is 384 g/mol. The van der Waals surface area contributed by atoms with Gasteiger partial charge in [-0.15, -0.1) is 0 Å². The van der Waals surface area contributed by atoms with Gasteiger partial charge in [0.25, 0.3) is 5.91 Å². The Morgan fingerprint density at radius 1 is 1.23 bits per heavy atom. The molecule has 0 radical (unpaired) electrons. The van der Waals surface area contributed by atoms with Gasteiger partial charge in [0.15, 0.2) is 5.69 Å². The lowest BCUT2D eigenvalue weighted by molar-refractivity contribution is -0.110. The number of anilines is 2. The van der Waals surface area contributed by atoms with Crippen molar-refractivity contribution < 1.29 is 18.8 Å². The highest BCUT2D eigenvalue weighted by Gasteiger charge is 2.18. The van der Waals surface area contributed by atoms with Gasteiger partial charge in [0.1, 0.15) is 30.4 Å². The van der Waals surface area contributed by atoms with Crippen LogP contribution in [0, 0.1) is 0 Å². The van der Waals surface area contributed by atoms with Crippen molar-refractivity contribution in [1.29, 1.82) is 0 Å². The molecule has 156 valence electrons. The predicted molar refractivity (Wildman–Crippen MR) is 114 cm³/mol. The van der Waals surface area contributed by atoms with Gasteiger partial charge in [0.05, 0.1) is 5.69 Å². The van der Waals surface area contributed by atoms with E-state index in [0.29, 0.717) is 29.9 Å². The summed E-state index contributed by atoms with van der Waals surface area (Å²) in [7, 11) is 3.72. The predicted octanol–water partition coefficient (Wildman–Crippen LogP) is 2.29. The molecule has 0 aliphatic heterocycles. The summed E-state index contributed by atoms with van der Waals surface area (Å²) >= 11 is 0. The van der Waals surface area contributed by atoms with E-state index in [1.54, 1.807) is 24.3 Å². The SMILES string of the molecule is CN(C)c1cc(N)ccc1OC[C@@H](C=O)NC(=O)c1cc(Cc2ccccc2)on1. The van der Waals surface area contributed by atoms with Gasteiger partial charge in [-0.25, -0.2) is 0 Å². The zero-order valence-corrected chi connectivity index (χ0v) is 16.9. The summed E-state index contributed by atoms with van der Waals surface area (Å²) < 4.78 is 11.0. The van der Waals surface area contributed by atoms with Gasteiger partial charge in [0, 0.05) is 32.3 Å². The highest BCUT2D eigenvalue weighted by Crippen LogP contribution is 2.29. The van der Waals surface area contributed by atoms with Crippen LogP contribution in [0.3, 0.4) is 0 Å². The van der Waals surface area contributed by atoms with E-state index in [-0.39, 0.29) is 12.3 Å². The van der Waals surface area contributed by atoms with E-state index in [1.165, 1.54) is 0 Å². The number of carbonyl (C=O) groups excluding carboxylic acids is 2. The van der Waals surface area contributed by atoms with Crippen LogP contribution in [0.5, 0.6) is 5.75 Å². The third-order valence-corrected chi connectivity index (χ3v) is 4.38. The van der Waals surface area contributed by atoms with E-state index in [9.17, 15) is 9.59 Å². The van der Waals surface area contributed by atoms with Crippen LogP contribution in [-0.4, -0.2) is 44.1 Å². The first-order valence-electron chi connectivity index (χ1n) is 9.41. The summed E-state index contributed by atoms with van der Waals surface area (Å²) in [6, 6.07) is 15.6. The van der Waals surface area contributed by atoms with E-state index >= 15 is 0 Å². The standard InChI is InChI=1S/C22H24N4O4/c1-26(2)20-11-16(23)8-9-21(20)29-14-17(13-27)24-22(28)19-12-18(30-25-19)10-15-6-4-3-5-7-15/h3-9,11-13,17H,10,14,23H2,1-2H3,(H,24,28)/t17-/m1/s1. The van der Waals surface area contributed by atoms with Crippen molar-refractivity contribution in [3.05, 3.63) is 71.6 Å². The summed E-state index contributed by atoms with van der Waals surface area (Å²) in [5, 5.41) is 6.40. The van der Waals surface area contributed by atoms with Crippen molar-refractivity contribution >= 4 is 23.6 Å². The van der Waals surface area contributed by atoms with Crippen LogP contribution < -0.4 is 20.7 Å². The molecule has 0 unspecified atom stereocenters. The number of carbonyl (C=O) groups is 2. The molecule has 0 saturated carbocycles. The third kappa shape index (κ3) is 5.38. The van der Waals surface area contributed by atoms with Gasteiger partial charge < -0.3 is 30.0 Å². The Hall–Kier alpha value is -3.81. The van der Waals surface area contributed by atoms with E-state index in [1.807, 2.05) is 49.3 Å². The molecule has 1 heterocycles. The summed E-state index contributed by atoms with van der Waals surface area (Å²) in [6.45, 7) is -0.0330. The number of amides is 1. The van der Waals surface area contributed by atoms with Crippen LogP contribution in [0.4, 0.5) is 11.4 Å². The van der Waals surface area contributed by atoms with E-state index in [2.05, 4.69) is 10.5 Å². The second-order valence-electron chi connectivity index (χ2n) is 6.99. The Morgan fingerprint density at radius 2 is 2.00 bits per heavy atom. The molecule has 3 aromatic rings. The second kappa shape index (κ2) is 9.60. The molecule has 0 bridgehead atoms. The molecular formula is C22H24N4O4. The van der Waals surface area contributed by atoms with Gasteiger partial charge in [-0.1, -0.05) is 35.5 Å². The van der Waals surface area contributed by atoms with Crippen molar-refractivity contribution in [1.82, 2.24) is 10.5 Å². The Kier molecular flexibility index (Phi) is 6.69. The van der Waals surface area contributed by atoms with E-state index < -0.39 is 11.9 Å². The molecule has 8 heteroatoms. The molecule has 30 heavy (non-hydrogen) atoms. The van der Waals surface area contributed by atoms with Crippen LogP contribution in [-0.2, 0) is 11.2 Å². The van der Waals surface area contributed by atoms with Crippen molar-refractivity contribution in [2.24, 2.45) is 0 Å². The number of nitrogens with two attached hydrogens (primary N) is 1. The first-order chi connectivity index (χ1) is 14.5. The van der Waals surface area contributed by atoms with Crippen LogP contribution in [0.2, 0.25) is 0 Å². The Morgan fingerprint density at radius 3 is 2.70 bits per heavy atom. The average Bonchev–Trinajstić information content (AvgIpc) is 3.21. The van der Waals surface area contributed by atoms with Crippen LogP contribution in [0.25, 0.3) is 0 Å². The zero-order valence-electron chi connectivity index (χ0n) is 16.9. The van der Waals surface area contributed by atoms with Crippen molar-refractivity contribution in [2.75, 3.05) is 31.3 Å². The largest absolute Gasteiger partial charge is 0.489 e. The zero-order chi connectivity index (χ0) is 21.5. The fourth-order valence-corrected chi connectivity index (χ4v) is 2.84. The van der Waals surface area contributed by atoms with Gasteiger partial charge in [0.2, 0.25) is 0 Å². The minimum absolute atomic E-state index is 0.0330. The minimum Gasteiger partial charge on any atom is -0.489 e. The lowest BCUT2D eigenvalue weighted by atomic mass is 10.1. The Bertz CT molecular complexity index is 1000. The number of rotatable bonds is 9. The molecule has 1 amide bonds. The van der Waals surface area contributed by atoms with Crippen LogP contribution in [0.1, 0.15) is 21.8 Å². The Balaban J connectivity index is 1.60. The fourth-order valence-electron chi connectivity index (χ4n) is 2.84. The number of hydrogen-bond donors (Lipinski definition) is 2. The summed E-state index contributed by atoms with van der Waals surface area (Å²) in [6.07, 6.45) is 1.14. The quantitative estimate of drug-likeness (QED) is 0.413. The molecule has 8 nitrogen and oxygen atoms in total. The highest BCUT2D eigenvalue weighted by molar-refractivity contribution is 5.93. The molecule has 3 N–H and O–H groups in total. The number of aldehydes is 1. The molecule has 0 aliphatic rings. The summed E-state index contributed by atoms with van der Waals surface area (Å²) in [5.74, 6) is 0.605. The molecule has 0 spiro atoms. The lowest BCUT2D eigenvalue weighted by Gasteiger charge is -2.20. The maximum Gasteiger partial charge on any atom is 0.274 e. The first kappa shape index (κ1) is 20.9. The second-order valence-corrected chi connectivity index (χ2v) is 6.99. The topological polar surface area (TPSA) is 111 Å². The first-order valence-corrected chi connectivity index (χ1v) is 9.41. The van der Waals surface area contributed by atoms with E-state index in [4.69, 9.17) is 15.0 Å². The van der Waals surface area contributed by atoms with Crippen molar-refractivity contribution in [2.45, 2.75) is 12.5 Å². The Labute approximate surface area is 174 Å². The molecule has 0 fully saturated rings. The normalized spacial score (nSPS) is 11.5. The average molecular weight is 408 g/mol. The number of nitrogens with one attached hydrogen (secondary N) is 1. The number of hydrogen-bond acceptors (Lipinski definition) is 7. The molecule has 1 atom stereocenters. The van der Waals surface area contributed by atoms with Gasteiger partial charge >= 0.3 is 0 Å². The number of aromatic nitrogens is 1. The molecule has 3 rings (SSSR count). The number of nitrogen functional groups attached to an aromatic ring is 1. The van der Waals surface area contributed by atoms with Crippen molar-refractivity contribution in [3.63, 3.8) is 0 Å². The fraction of sp³-hybridized carbons (Fsp3) is 0.227. The summed E-state index contributed by atoms with van der Waals surface area (Å²) in [5.41, 5.74) is 8.34. The molecule has 0 saturated heterocycles. The maximum absolute atomic E-state index is 12.4. The molecule has 0 aliphatic carbocycles. The number of nitrogens with zero attached hydrogens (tertiary/aromatic N) is 2. The minimum atomic E-state index is -0.848. The number of benzene rings is 2. The van der Waals surface area contributed by atoms with Gasteiger partial charge in [-0.05, 0) is 23.8 Å². The van der Waals surface area contributed by atoms with E-state index in [0.717, 1.165) is 11.3 Å². The highest BCUT2D eigenvalue weighted by atomic mass is 16.5. The molecule has 2 aromatic carbocycles. The maximum atomic E-state index is 12.4. The monoisotopic (exact) mass is 408 g/mol. The molecule has 1 aromatic heterocycles. The third-order valence-electron chi connectivity index (χ3n) is 4.38. The van der Waals surface area contributed by atoms with Gasteiger partial charge in [-0.2, -0.15) is 0 Å². The smallest absolute Gasteiger partial charge is 0.274 e.